The Bertz CT molecular complexity index is 3750. The molecule has 12 rings (SSSR count). The van der Waals surface area contributed by atoms with Crippen molar-refractivity contribution in [3.05, 3.63) is 230 Å². The zero-order valence-electron chi connectivity index (χ0n) is 36.2. The quantitative estimate of drug-likeness (QED) is 0.160. The van der Waals surface area contributed by atoms with Crippen molar-refractivity contribution in [3.63, 3.8) is 0 Å². The van der Waals surface area contributed by atoms with Crippen LogP contribution in [0.3, 0.4) is 0 Å². The lowest BCUT2D eigenvalue weighted by molar-refractivity contribution is -0.137. The van der Waals surface area contributed by atoms with Crippen molar-refractivity contribution < 1.29 is 13.2 Å². The number of nitriles is 1. The fraction of sp³-hybridized carbons (Fsp3) is 0.0167. The summed E-state index contributed by atoms with van der Waals surface area (Å²) in [4.78, 5) is 9.59. The lowest BCUT2D eigenvalue weighted by Crippen LogP contribution is -2.09. The SMILES string of the molecule is N#Cc1c(-n2c3ccccc3c3cc(-c4cccnc4-c4ccccc4)ccc32)cc(-c2ccccc2C(F)(F)F)cc1-n1c2ccccc2c2cc(-c3cccnc3-c3ccccc3)ccc21. The Hall–Kier alpha value is -9.06. The lowest BCUT2D eigenvalue weighted by atomic mass is 9.95. The van der Waals surface area contributed by atoms with E-state index in [0.717, 1.165) is 94.4 Å². The molecular formula is C60H36F3N5. The summed E-state index contributed by atoms with van der Waals surface area (Å²) in [6, 6.07) is 68.1. The molecule has 4 heterocycles. The molecule has 4 aromatic heterocycles. The summed E-state index contributed by atoms with van der Waals surface area (Å²) in [6.45, 7) is 0. The highest BCUT2D eigenvalue weighted by Crippen LogP contribution is 2.45. The van der Waals surface area contributed by atoms with Crippen LogP contribution in [-0.4, -0.2) is 19.1 Å². The predicted octanol–water partition coefficient (Wildman–Crippen LogP) is 15.9. The number of fused-ring (bicyclic) bond motifs is 6. The van der Waals surface area contributed by atoms with E-state index >= 15 is 13.2 Å². The first-order chi connectivity index (χ1) is 33.4. The minimum Gasteiger partial charge on any atom is -0.308 e. The number of benzene rings is 8. The van der Waals surface area contributed by atoms with Crippen LogP contribution in [0, 0.1) is 11.3 Å². The third-order valence-electron chi connectivity index (χ3n) is 12.9. The Kier molecular flexibility index (Phi) is 9.59. The van der Waals surface area contributed by atoms with Crippen LogP contribution < -0.4 is 0 Å². The molecule has 0 N–H and O–H groups in total. The van der Waals surface area contributed by atoms with E-state index in [0.29, 0.717) is 22.5 Å². The van der Waals surface area contributed by atoms with E-state index in [1.807, 2.05) is 155 Å². The zero-order valence-corrected chi connectivity index (χ0v) is 36.2. The number of rotatable bonds is 7. The topological polar surface area (TPSA) is 59.4 Å². The van der Waals surface area contributed by atoms with Crippen molar-refractivity contribution in [2.75, 3.05) is 0 Å². The van der Waals surface area contributed by atoms with E-state index < -0.39 is 11.7 Å². The van der Waals surface area contributed by atoms with Crippen LogP contribution in [0.1, 0.15) is 11.1 Å². The number of nitrogens with zero attached hydrogens (tertiary/aromatic N) is 5. The van der Waals surface area contributed by atoms with E-state index in [1.165, 1.54) is 12.1 Å². The van der Waals surface area contributed by atoms with Crippen molar-refractivity contribution in [2.45, 2.75) is 6.18 Å². The summed E-state index contributed by atoms with van der Waals surface area (Å²) in [6.07, 6.45) is -1.06. The second kappa shape index (κ2) is 16.1. The molecule has 0 amide bonds. The number of hydrogen-bond acceptors (Lipinski definition) is 3. The molecular weight excluding hydrogens is 848 g/mol. The Morgan fingerprint density at radius 1 is 0.382 bits per heavy atom. The molecule has 0 aliphatic heterocycles. The summed E-state index contributed by atoms with van der Waals surface area (Å²) < 4.78 is 49.1. The van der Waals surface area contributed by atoms with Gasteiger partial charge in [-0.15, -0.1) is 0 Å². The summed E-state index contributed by atoms with van der Waals surface area (Å²) >= 11 is 0. The molecule has 0 spiro atoms. The van der Waals surface area contributed by atoms with E-state index in [-0.39, 0.29) is 5.56 Å². The van der Waals surface area contributed by atoms with Gasteiger partial charge in [0.15, 0.2) is 0 Å². The minimum absolute atomic E-state index is 0.00753. The first kappa shape index (κ1) is 40.4. The molecule has 8 aromatic carbocycles. The normalized spacial score (nSPS) is 11.7. The minimum atomic E-state index is -4.65. The molecule has 8 heteroatoms. The highest BCUT2D eigenvalue weighted by Gasteiger charge is 2.34. The van der Waals surface area contributed by atoms with Gasteiger partial charge in [-0.05, 0) is 89.0 Å². The van der Waals surface area contributed by atoms with Crippen LogP contribution >= 0.6 is 0 Å². The second-order valence-electron chi connectivity index (χ2n) is 16.7. The van der Waals surface area contributed by atoms with Crippen molar-refractivity contribution in [2.24, 2.45) is 0 Å². The number of pyridine rings is 2. The number of hydrogen-bond donors (Lipinski definition) is 0. The summed E-state index contributed by atoms with van der Waals surface area (Å²) in [7, 11) is 0. The molecule has 0 unspecified atom stereocenters. The standard InChI is InChI=1S/C60H36F3N5/c61-60(62,63)51-24-10-7-19-43(51)42-35-56(67-52-25-11-8-20-46(52)48-33-40(27-29-54(48)67)44-22-13-31-65-58(44)38-15-3-1-4-16-38)50(37-64)57(36-42)68-53-26-12-9-21-47(53)49-34-41(28-30-55(49)68)45-23-14-32-66-59(45)39-17-5-2-6-18-39/h1-36H. The molecule has 0 saturated heterocycles. The molecule has 12 aromatic rings. The van der Waals surface area contributed by atoms with Gasteiger partial charge >= 0.3 is 6.18 Å². The Morgan fingerprint density at radius 2 is 0.809 bits per heavy atom. The van der Waals surface area contributed by atoms with Crippen LogP contribution in [0.5, 0.6) is 0 Å². The van der Waals surface area contributed by atoms with Crippen LogP contribution in [0.4, 0.5) is 13.2 Å². The van der Waals surface area contributed by atoms with Gasteiger partial charge < -0.3 is 9.13 Å². The van der Waals surface area contributed by atoms with Crippen molar-refractivity contribution in [3.8, 4) is 73.3 Å². The highest BCUT2D eigenvalue weighted by molar-refractivity contribution is 6.13. The van der Waals surface area contributed by atoms with Gasteiger partial charge in [-0.3, -0.25) is 9.97 Å². The molecule has 0 fully saturated rings. The van der Waals surface area contributed by atoms with E-state index in [1.54, 1.807) is 30.6 Å². The Balaban J connectivity index is 1.14. The van der Waals surface area contributed by atoms with Gasteiger partial charge in [-0.2, -0.15) is 18.4 Å². The monoisotopic (exact) mass is 883 g/mol. The predicted molar refractivity (Wildman–Crippen MR) is 268 cm³/mol. The third kappa shape index (κ3) is 6.63. The number of aromatic nitrogens is 4. The lowest BCUT2D eigenvalue weighted by Gasteiger charge is -2.20. The number of alkyl halides is 3. The van der Waals surface area contributed by atoms with Gasteiger partial charge in [0, 0.05) is 56.2 Å². The molecule has 0 aliphatic carbocycles. The number of para-hydroxylation sites is 2. The van der Waals surface area contributed by atoms with Crippen LogP contribution in [0.25, 0.3) is 111 Å². The second-order valence-corrected chi connectivity index (χ2v) is 16.7. The van der Waals surface area contributed by atoms with Gasteiger partial charge in [0.1, 0.15) is 11.6 Å². The van der Waals surface area contributed by atoms with E-state index in [4.69, 9.17) is 9.97 Å². The van der Waals surface area contributed by atoms with Crippen LogP contribution in [0.15, 0.2) is 219 Å². The molecule has 0 aliphatic rings. The van der Waals surface area contributed by atoms with Crippen LogP contribution in [-0.2, 0) is 6.18 Å². The van der Waals surface area contributed by atoms with E-state index in [2.05, 4.69) is 30.3 Å². The summed E-state index contributed by atoms with van der Waals surface area (Å²) in [5, 5.41) is 15.2. The zero-order chi connectivity index (χ0) is 45.9. The smallest absolute Gasteiger partial charge is 0.308 e. The Morgan fingerprint density at radius 3 is 1.29 bits per heavy atom. The first-order valence-corrected chi connectivity index (χ1v) is 22.2. The molecule has 0 bridgehead atoms. The van der Waals surface area contributed by atoms with Gasteiger partial charge in [-0.1, -0.05) is 140 Å². The fourth-order valence-electron chi connectivity index (χ4n) is 9.95. The average molecular weight is 884 g/mol. The molecule has 0 radical (unpaired) electrons. The average Bonchev–Trinajstić information content (AvgIpc) is 3.90. The van der Waals surface area contributed by atoms with E-state index in [9.17, 15) is 5.26 Å². The Labute approximate surface area is 388 Å². The largest absolute Gasteiger partial charge is 0.417 e. The van der Waals surface area contributed by atoms with Gasteiger partial charge in [0.25, 0.3) is 0 Å². The molecule has 68 heavy (non-hydrogen) atoms. The van der Waals surface area contributed by atoms with Crippen molar-refractivity contribution in [1.82, 2.24) is 19.1 Å². The number of halogens is 3. The van der Waals surface area contributed by atoms with Gasteiger partial charge in [-0.25, -0.2) is 0 Å². The molecule has 0 saturated carbocycles. The van der Waals surface area contributed by atoms with Crippen LogP contribution in [0.2, 0.25) is 0 Å². The van der Waals surface area contributed by atoms with Crippen molar-refractivity contribution in [1.29, 1.82) is 5.26 Å². The highest BCUT2D eigenvalue weighted by atomic mass is 19.4. The molecule has 5 nitrogen and oxygen atoms in total. The van der Waals surface area contributed by atoms with Gasteiger partial charge in [0.2, 0.25) is 0 Å². The fourth-order valence-corrected chi connectivity index (χ4v) is 9.95. The molecule has 322 valence electrons. The maximum atomic E-state index is 15.0. The first-order valence-electron chi connectivity index (χ1n) is 22.2. The van der Waals surface area contributed by atoms with Gasteiger partial charge in [0.05, 0.1) is 50.4 Å². The molecule has 0 atom stereocenters. The van der Waals surface area contributed by atoms with Crippen molar-refractivity contribution >= 4 is 43.6 Å². The third-order valence-corrected chi connectivity index (χ3v) is 12.9. The maximum Gasteiger partial charge on any atom is 0.417 e. The summed E-state index contributed by atoms with van der Waals surface area (Å²) in [5.74, 6) is 0. The maximum absolute atomic E-state index is 15.0. The summed E-state index contributed by atoms with van der Waals surface area (Å²) in [5.41, 5.74) is 11.4.